The van der Waals surface area contributed by atoms with Crippen molar-refractivity contribution in [1.82, 2.24) is 4.98 Å². The van der Waals surface area contributed by atoms with Crippen LogP contribution in [-0.2, 0) is 0 Å². The molecule has 1 aromatic rings. The Morgan fingerprint density at radius 3 is 2.79 bits per heavy atom. The van der Waals surface area contributed by atoms with Crippen molar-refractivity contribution in [3.8, 4) is 0 Å². The van der Waals surface area contributed by atoms with E-state index in [2.05, 4.69) is 42.2 Å². The van der Waals surface area contributed by atoms with Gasteiger partial charge < -0.3 is 11.1 Å². The van der Waals surface area contributed by atoms with Crippen LogP contribution < -0.4 is 11.1 Å². The molecule has 0 aliphatic rings. The van der Waals surface area contributed by atoms with Crippen molar-refractivity contribution in [2.24, 2.45) is 5.73 Å². The number of pyridine rings is 1. The molecule has 1 heterocycles. The van der Waals surface area contributed by atoms with Gasteiger partial charge in [0.1, 0.15) is 5.82 Å². The summed E-state index contributed by atoms with van der Waals surface area (Å²) in [6.07, 6.45) is 3.89. The zero-order valence-corrected chi connectivity index (χ0v) is 10.9. The fourth-order valence-electron chi connectivity index (χ4n) is 1.02. The number of rotatable bonds is 5. The Morgan fingerprint density at radius 1 is 1.36 bits per heavy atom. The van der Waals surface area contributed by atoms with Crippen LogP contribution in [0.15, 0.2) is 21.2 Å². The first-order chi connectivity index (χ1) is 6.74. The van der Waals surface area contributed by atoms with Gasteiger partial charge in [-0.25, -0.2) is 4.98 Å². The zero-order valence-electron chi connectivity index (χ0n) is 7.76. The summed E-state index contributed by atoms with van der Waals surface area (Å²) in [5.74, 6) is 0.880. The van der Waals surface area contributed by atoms with Crippen LogP contribution in [0.25, 0.3) is 0 Å². The highest BCUT2D eigenvalue weighted by atomic mass is 79.9. The normalized spacial score (nSPS) is 10.2. The van der Waals surface area contributed by atoms with Crippen LogP contribution in [0.2, 0.25) is 0 Å². The van der Waals surface area contributed by atoms with Crippen molar-refractivity contribution in [3.05, 3.63) is 21.2 Å². The number of anilines is 1. The molecule has 0 unspecified atom stereocenters. The topological polar surface area (TPSA) is 50.9 Å². The summed E-state index contributed by atoms with van der Waals surface area (Å²) in [6.45, 7) is 1.65. The van der Waals surface area contributed by atoms with Crippen molar-refractivity contribution < 1.29 is 0 Å². The third-order valence-corrected chi connectivity index (χ3v) is 2.77. The summed E-state index contributed by atoms with van der Waals surface area (Å²) >= 11 is 6.79. The third kappa shape index (κ3) is 3.94. The quantitative estimate of drug-likeness (QED) is 0.820. The van der Waals surface area contributed by atoms with Gasteiger partial charge in [-0.05, 0) is 57.3 Å². The lowest BCUT2D eigenvalue weighted by Gasteiger charge is -2.06. The monoisotopic (exact) mass is 321 g/mol. The van der Waals surface area contributed by atoms with Gasteiger partial charge in [0.2, 0.25) is 0 Å². The summed E-state index contributed by atoms with van der Waals surface area (Å²) < 4.78 is 1.94. The van der Waals surface area contributed by atoms with E-state index < -0.39 is 0 Å². The van der Waals surface area contributed by atoms with Crippen molar-refractivity contribution >= 4 is 37.7 Å². The minimum Gasteiger partial charge on any atom is -0.369 e. The van der Waals surface area contributed by atoms with Gasteiger partial charge in [-0.3, -0.25) is 0 Å². The number of nitrogens with zero attached hydrogens (tertiary/aromatic N) is 1. The molecular weight excluding hydrogens is 310 g/mol. The van der Waals surface area contributed by atoms with E-state index in [0.29, 0.717) is 0 Å². The van der Waals surface area contributed by atoms with Gasteiger partial charge in [0, 0.05) is 17.2 Å². The molecule has 0 atom stereocenters. The molecule has 1 rings (SSSR count). The Labute approximate surface area is 101 Å². The second kappa shape index (κ2) is 6.37. The number of halogens is 2. The van der Waals surface area contributed by atoms with E-state index in [0.717, 1.165) is 40.7 Å². The molecule has 78 valence electrons. The van der Waals surface area contributed by atoms with Gasteiger partial charge in [0.05, 0.1) is 4.47 Å². The molecule has 0 aliphatic carbocycles. The summed E-state index contributed by atoms with van der Waals surface area (Å²) in [4.78, 5) is 4.24. The molecule has 0 bridgehead atoms. The number of hydrogen-bond donors (Lipinski definition) is 2. The van der Waals surface area contributed by atoms with Gasteiger partial charge in [-0.2, -0.15) is 0 Å². The van der Waals surface area contributed by atoms with E-state index in [-0.39, 0.29) is 0 Å². The molecule has 1 aromatic heterocycles. The van der Waals surface area contributed by atoms with Crippen LogP contribution in [0.5, 0.6) is 0 Å². The van der Waals surface area contributed by atoms with Gasteiger partial charge in [-0.15, -0.1) is 0 Å². The molecule has 3 N–H and O–H groups in total. The Morgan fingerprint density at radius 2 is 2.14 bits per heavy atom. The third-order valence-electron chi connectivity index (χ3n) is 1.73. The lowest BCUT2D eigenvalue weighted by molar-refractivity contribution is 0.772. The number of nitrogens with one attached hydrogen (secondary N) is 1. The molecule has 0 amide bonds. The first-order valence-electron chi connectivity index (χ1n) is 4.49. The summed E-state index contributed by atoms with van der Waals surface area (Å²) in [6, 6.07) is 1.97. The first kappa shape index (κ1) is 11.9. The smallest absolute Gasteiger partial charge is 0.140 e. The van der Waals surface area contributed by atoms with E-state index >= 15 is 0 Å². The summed E-state index contributed by atoms with van der Waals surface area (Å²) in [5.41, 5.74) is 5.40. The second-order valence-corrected chi connectivity index (χ2v) is 4.68. The van der Waals surface area contributed by atoms with Crippen molar-refractivity contribution in [2.45, 2.75) is 12.8 Å². The Bertz CT molecular complexity index is 291. The molecule has 0 spiro atoms. The maximum atomic E-state index is 5.40. The van der Waals surface area contributed by atoms with Crippen molar-refractivity contribution in [2.75, 3.05) is 18.4 Å². The second-order valence-electron chi connectivity index (χ2n) is 2.91. The largest absolute Gasteiger partial charge is 0.369 e. The minimum atomic E-state index is 0.747. The SMILES string of the molecule is NCCCCNc1ncc(Br)cc1Br. The molecule has 0 saturated carbocycles. The van der Waals surface area contributed by atoms with Crippen molar-refractivity contribution in [1.29, 1.82) is 0 Å². The molecule has 0 saturated heterocycles. The van der Waals surface area contributed by atoms with Crippen LogP contribution in [0.4, 0.5) is 5.82 Å². The molecule has 3 nitrogen and oxygen atoms in total. The van der Waals surface area contributed by atoms with E-state index in [4.69, 9.17) is 5.73 Å². The lowest BCUT2D eigenvalue weighted by Crippen LogP contribution is -2.07. The fraction of sp³-hybridized carbons (Fsp3) is 0.444. The predicted octanol–water partition coefficient (Wildman–Crippen LogP) is 2.76. The minimum absolute atomic E-state index is 0.747. The Kier molecular flexibility index (Phi) is 5.44. The van der Waals surface area contributed by atoms with Crippen molar-refractivity contribution in [3.63, 3.8) is 0 Å². The van der Waals surface area contributed by atoms with Crippen LogP contribution in [0, 0.1) is 0 Å². The standard InChI is InChI=1S/C9H13Br2N3/c10-7-5-8(11)9(14-6-7)13-4-2-1-3-12/h5-6H,1-4,12H2,(H,13,14). The molecule has 0 fully saturated rings. The average molecular weight is 323 g/mol. The molecule has 0 aromatic carbocycles. The average Bonchev–Trinajstić information content (AvgIpc) is 2.15. The van der Waals surface area contributed by atoms with Crippen LogP contribution in [0.1, 0.15) is 12.8 Å². The number of unbranched alkanes of at least 4 members (excludes halogenated alkanes) is 1. The molecule has 0 aliphatic heterocycles. The predicted molar refractivity (Wildman–Crippen MR) is 66.4 cm³/mol. The van der Waals surface area contributed by atoms with E-state index in [9.17, 15) is 0 Å². The number of nitrogens with two attached hydrogens (primary N) is 1. The van der Waals surface area contributed by atoms with Crippen LogP contribution in [-0.4, -0.2) is 18.1 Å². The molecule has 5 heteroatoms. The number of aromatic nitrogens is 1. The van der Waals surface area contributed by atoms with Crippen LogP contribution >= 0.6 is 31.9 Å². The van der Waals surface area contributed by atoms with E-state index in [1.807, 2.05) is 6.07 Å². The molecule has 14 heavy (non-hydrogen) atoms. The van der Waals surface area contributed by atoms with Gasteiger partial charge in [0.25, 0.3) is 0 Å². The number of hydrogen-bond acceptors (Lipinski definition) is 3. The van der Waals surface area contributed by atoms with Crippen LogP contribution in [0.3, 0.4) is 0 Å². The van der Waals surface area contributed by atoms with E-state index in [1.165, 1.54) is 0 Å². The van der Waals surface area contributed by atoms with E-state index in [1.54, 1.807) is 6.20 Å². The highest BCUT2D eigenvalue weighted by Gasteiger charge is 2.00. The summed E-state index contributed by atoms with van der Waals surface area (Å²) in [5, 5.41) is 3.24. The lowest BCUT2D eigenvalue weighted by atomic mass is 10.3. The highest BCUT2D eigenvalue weighted by molar-refractivity contribution is 9.11. The Balaban J connectivity index is 2.42. The zero-order chi connectivity index (χ0) is 10.4. The fourth-order valence-corrected chi connectivity index (χ4v) is 2.15. The molecule has 0 radical (unpaired) electrons. The summed E-state index contributed by atoms with van der Waals surface area (Å²) in [7, 11) is 0. The maximum Gasteiger partial charge on any atom is 0.140 e. The van der Waals surface area contributed by atoms with Gasteiger partial charge in [0.15, 0.2) is 0 Å². The van der Waals surface area contributed by atoms with Gasteiger partial charge >= 0.3 is 0 Å². The Hall–Kier alpha value is -0.130. The highest BCUT2D eigenvalue weighted by Crippen LogP contribution is 2.23. The first-order valence-corrected chi connectivity index (χ1v) is 6.07. The maximum absolute atomic E-state index is 5.40. The van der Waals surface area contributed by atoms with Gasteiger partial charge in [-0.1, -0.05) is 0 Å². The molecular formula is C9H13Br2N3.